The summed E-state index contributed by atoms with van der Waals surface area (Å²) in [7, 11) is 0. The molecule has 1 aromatic heterocycles. The highest BCUT2D eigenvalue weighted by atomic mass is 35.5. The minimum absolute atomic E-state index is 0. The van der Waals surface area contributed by atoms with Crippen molar-refractivity contribution in [1.29, 1.82) is 0 Å². The van der Waals surface area contributed by atoms with E-state index in [-0.39, 0.29) is 49.7 Å². The zero-order chi connectivity index (χ0) is 20.3. The summed E-state index contributed by atoms with van der Waals surface area (Å²) < 4.78 is 0. The minimum Gasteiger partial charge on any atom is -0.394 e. The lowest BCUT2D eigenvalue weighted by atomic mass is 10.0. The van der Waals surface area contributed by atoms with Crippen molar-refractivity contribution < 1.29 is 10.2 Å². The fourth-order valence-electron chi connectivity index (χ4n) is 3.67. The molecule has 3 heterocycles. The van der Waals surface area contributed by atoms with Crippen molar-refractivity contribution in [2.75, 3.05) is 54.4 Å². The molecule has 0 amide bonds. The molecule has 13 heteroatoms. The van der Waals surface area contributed by atoms with Gasteiger partial charge in [-0.2, -0.15) is 15.0 Å². The van der Waals surface area contributed by atoms with E-state index in [9.17, 15) is 5.11 Å². The van der Waals surface area contributed by atoms with Crippen LogP contribution in [0.3, 0.4) is 0 Å². The molecule has 0 radical (unpaired) electrons. The lowest BCUT2D eigenvalue weighted by Crippen LogP contribution is -2.54. The molecule has 29 heavy (non-hydrogen) atoms. The van der Waals surface area contributed by atoms with E-state index in [0.29, 0.717) is 44.0 Å². The van der Waals surface area contributed by atoms with Crippen LogP contribution in [0.5, 0.6) is 0 Å². The molecule has 1 unspecified atom stereocenters. The number of aliphatic hydroxyl groups excluding tert-OH is 2. The summed E-state index contributed by atoms with van der Waals surface area (Å²) in [6.45, 7) is 2.12. The summed E-state index contributed by atoms with van der Waals surface area (Å²) in [6.07, 6.45) is 0.577. The Morgan fingerprint density at radius 1 is 0.862 bits per heavy atom. The summed E-state index contributed by atoms with van der Waals surface area (Å²) in [5.41, 5.74) is 24.4. The number of anilines is 3. The molecule has 2 fully saturated rings. The average molecular weight is 433 g/mol. The molecule has 2 aliphatic rings. The van der Waals surface area contributed by atoms with Crippen molar-refractivity contribution in [2.45, 2.75) is 43.1 Å². The van der Waals surface area contributed by atoms with E-state index < -0.39 is 6.10 Å². The Kier molecular flexibility index (Phi) is 8.58. The highest BCUT2D eigenvalue weighted by Crippen LogP contribution is 2.22. The van der Waals surface area contributed by atoms with E-state index in [1.165, 1.54) is 0 Å². The Hall–Kier alpha value is -1.54. The van der Waals surface area contributed by atoms with E-state index >= 15 is 0 Å². The second-order valence-corrected chi connectivity index (χ2v) is 7.80. The molecule has 12 nitrogen and oxygen atoms in total. The van der Waals surface area contributed by atoms with Gasteiger partial charge in [0.25, 0.3) is 0 Å². The van der Waals surface area contributed by atoms with Gasteiger partial charge in [0.05, 0.1) is 12.7 Å². The van der Waals surface area contributed by atoms with E-state index in [0.717, 1.165) is 12.8 Å². The van der Waals surface area contributed by atoms with Gasteiger partial charge in [0.2, 0.25) is 17.8 Å². The Morgan fingerprint density at radius 2 is 1.28 bits per heavy atom. The normalized spacial score (nSPS) is 28.6. The van der Waals surface area contributed by atoms with Gasteiger partial charge in [-0.3, -0.25) is 0 Å². The van der Waals surface area contributed by atoms with Crippen molar-refractivity contribution in [3.05, 3.63) is 0 Å². The van der Waals surface area contributed by atoms with Crippen molar-refractivity contribution in [3.63, 3.8) is 0 Å². The predicted molar refractivity (Wildman–Crippen MR) is 114 cm³/mol. The maximum atomic E-state index is 9.62. The fraction of sp³-hybridized carbons (Fsp3) is 0.812. The number of rotatable bonds is 6. The van der Waals surface area contributed by atoms with Crippen molar-refractivity contribution in [1.82, 2.24) is 15.0 Å². The Labute approximate surface area is 176 Å². The van der Waals surface area contributed by atoms with Crippen LogP contribution in [0.25, 0.3) is 0 Å². The van der Waals surface area contributed by atoms with Gasteiger partial charge >= 0.3 is 0 Å². The molecule has 2 aliphatic heterocycles. The van der Waals surface area contributed by atoms with Gasteiger partial charge in [0.15, 0.2) is 0 Å². The van der Waals surface area contributed by atoms with Crippen LogP contribution in [0.1, 0.15) is 12.8 Å². The minimum atomic E-state index is -0.919. The number of aromatic nitrogens is 3. The van der Waals surface area contributed by atoms with Crippen LogP contribution in [0.15, 0.2) is 0 Å². The highest BCUT2D eigenvalue weighted by Gasteiger charge is 2.28. The first-order valence-corrected chi connectivity index (χ1v) is 9.65. The third kappa shape index (κ3) is 6.47. The number of halogens is 1. The van der Waals surface area contributed by atoms with Crippen molar-refractivity contribution in [3.8, 4) is 0 Å². The molecule has 0 aliphatic carbocycles. The third-order valence-electron chi connectivity index (χ3n) is 4.91. The second kappa shape index (κ2) is 10.5. The van der Waals surface area contributed by atoms with Gasteiger partial charge in [0, 0.05) is 56.9 Å². The molecule has 0 bridgehead atoms. The maximum absolute atomic E-state index is 9.62. The van der Waals surface area contributed by atoms with Crippen LogP contribution in [0.2, 0.25) is 0 Å². The molecule has 2 saturated heterocycles. The smallest absolute Gasteiger partial charge is 0.232 e. The zero-order valence-corrected chi connectivity index (χ0v) is 17.2. The number of nitrogens with two attached hydrogens (primary N) is 4. The summed E-state index contributed by atoms with van der Waals surface area (Å²) in [4.78, 5) is 17.4. The lowest BCUT2D eigenvalue weighted by Gasteiger charge is -2.37. The molecular formula is C16H33ClN10O2. The third-order valence-corrected chi connectivity index (χ3v) is 4.91. The van der Waals surface area contributed by atoms with Gasteiger partial charge in [0.1, 0.15) is 0 Å². The van der Waals surface area contributed by atoms with Crippen molar-refractivity contribution >= 4 is 30.3 Å². The van der Waals surface area contributed by atoms with Crippen LogP contribution in [0.4, 0.5) is 17.8 Å². The summed E-state index contributed by atoms with van der Waals surface area (Å²) in [6, 6.07) is -0.247. The van der Waals surface area contributed by atoms with Crippen molar-refractivity contribution in [2.24, 2.45) is 22.9 Å². The molecule has 0 spiro atoms. The maximum Gasteiger partial charge on any atom is 0.232 e. The molecule has 0 saturated carbocycles. The summed E-state index contributed by atoms with van der Waals surface area (Å²) >= 11 is 0. The molecule has 1 aromatic rings. The first kappa shape index (κ1) is 23.7. The monoisotopic (exact) mass is 432 g/mol. The molecule has 166 valence electrons. The highest BCUT2D eigenvalue weighted by molar-refractivity contribution is 5.85. The van der Waals surface area contributed by atoms with Gasteiger partial charge in [-0.25, -0.2) is 0 Å². The first-order chi connectivity index (χ1) is 13.3. The Morgan fingerprint density at radius 3 is 1.66 bits per heavy atom. The largest absolute Gasteiger partial charge is 0.394 e. The summed E-state index contributed by atoms with van der Waals surface area (Å²) in [5, 5.41) is 21.6. The van der Waals surface area contributed by atoms with Gasteiger partial charge < -0.3 is 48.3 Å². The quantitative estimate of drug-likeness (QED) is 0.237. The number of hydrogen-bond acceptors (Lipinski definition) is 12. The zero-order valence-electron chi connectivity index (χ0n) is 16.4. The second-order valence-electron chi connectivity index (χ2n) is 7.80. The predicted octanol–water partition coefficient (Wildman–Crippen LogP) is -3.21. The number of piperidine rings is 2. The van der Waals surface area contributed by atoms with Crippen LogP contribution in [0, 0.1) is 0 Å². The van der Waals surface area contributed by atoms with Gasteiger partial charge in [-0.15, -0.1) is 12.4 Å². The number of hydrogen-bond donors (Lipinski definition) is 7. The SMILES string of the molecule is Cl.N[C@@H]1C[C@H](N)CN(c2nc(NCC(O)CO)nc(N3C[C@H](N)C[C@H](N)C3)n2)C1. The average Bonchev–Trinajstić information content (AvgIpc) is 2.64. The molecule has 5 atom stereocenters. The Balaban J connectivity index is 0.00000300. The lowest BCUT2D eigenvalue weighted by molar-refractivity contribution is 0.105. The standard InChI is InChI=1S/C16H32N10O2.ClH/c17-9-1-10(18)5-25(4-9)15-22-14(21-3-13(28)8-27)23-16(24-15)26-6-11(19)2-12(20)7-26;/h9-13,27-28H,1-8,17-20H2,(H,21,22,23,24);1H/t9-,10+,11-,12+,13?;. The molecule has 0 aromatic carbocycles. The number of nitrogens with one attached hydrogen (secondary N) is 1. The Bertz CT molecular complexity index is 592. The van der Waals surface area contributed by atoms with Crippen LogP contribution in [-0.4, -0.2) is 94.8 Å². The summed E-state index contributed by atoms with van der Waals surface area (Å²) in [5.74, 6) is 1.22. The molecule has 3 rings (SSSR count). The number of aliphatic hydroxyl groups is 2. The van der Waals surface area contributed by atoms with Crippen LogP contribution < -0.4 is 38.1 Å². The van der Waals surface area contributed by atoms with Gasteiger partial charge in [-0.1, -0.05) is 0 Å². The number of nitrogens with zero attached hydrogens (tertiary/aromatic N) is 5. The molecule has 11 N–H and O–H groups in total. The van der Waals surface area contributed by atoms with E-state index in [1.807, 2.05) is 9.80 Å². The fourth-order valence-corrected chi connectivity index (χ4v) is 3.67. The first-order valence-electron chi connectivity index (χ1n) is 9.65. The van der Waals surface area contributed by atoms with E-state index in [1.54, 1.807) is 0 Å². The van der Waals surface area contributed by atoms with Crippen LogP contribution in [-0.2, 0) is 0 Å². The van der Waals surface area contributed by atoms with E-state index in [4.69, 9.17) is 28.0 Å². The van der Waals surface area contributed by atoms with Gasteiger partial charge in [-0.05, 0) is 12.8 Å². The van der Waals surface area contributed by atoms with Crippen LogP contribution >= 0.6 is 12.4 Å². The van der Waals surface area contributed by atoms with E-state index in [2.05, 4.69) is 20.3 Å². The topological polar surface area (TPSA) is 202 Å². The molecular weight excluding hydrogens is 400 g/mol.